The Labute approximate surface area is 125 Å². The van der Waals surface area contributed by atoms with Crippen molar-refractivity contribution < 1.29 is 9.47 Å². The fourth-order valence-corrected chi connectivity index (χ4v) is 3.20. The van der Waals surface area contributed by atoms with Crippen LogP contribution < -0.4 is 5.32 Å². The molecule has 0 bridgehead atoms. The normalized spacial score (nSPS) is 17.0. The zero-order valence-electron chi connectivity index (χ0n) is 12.6. The van der Waals surface area contributed by atoms with Gasteiger partial charge in [-0.1, -0.05) is 13.8 Å². The molecule has 0 radical (unpaired) electrons. The first kappa shape index (κ1) is 15.9. The van der Waals surface area contributed by atoms with Crippen molar-refractivity contribution in [1.29, 1.82) is 0 Å². The average Bonchev–Trinajstić information content (AvgIpc) is 2.80. The van der Waals surface area contributed by atoms with Crippen LogP contribution in [0, 0.1) is 0 Å². The minimum absolute atomic E-state index is 0.482. The summed E-state index contributed by atoms with van der Waals surface area (Å²) in [6.07, 6.45) is 0. The number of methoxy groups -OCH3 is 1. The van der Waals surface area contributed by atoms with Gasteiger partial charge in [0.2, 0.25) is 0 Å². The lowest BCUT2D eigenvalue weighted by Gasteiger charge is -2.25. The second kappa shape index (κ2) is 8.05. The topological polar surface area (TPSA) is 46.6 Å². The van der Waals surface area contributed by atoms with E-state index in [1.165, 1.54) is 9.88 Å². The number of thiazole rings is 1. The van der Waals surface area contributed by atoms with Gasteiger partial charge in [-0.05, 0) is 0 Å². The van der Waals surface area contributed by atoms with Crippen molar-refractivity contribution in [2.45, 2.75) is 39.6 Å². The molecule has 2 rings (SSSR count). The molecule has 0 amide bonds. The summed E-state index contributed by atoms with van der Waals surface area (Å²) < 4.78 is 10.6. The van der Waals surface area contributed by atoms with E-state index in [9.17, 15) is 0 Å². The van der Waals surface area contributed by atoms with Gasteiger partial charge in [0.15, 0.2) is 0 Å². The Hall–Kier alpha value is -0.530. The molecule has 20 heavy (non-hydrogen) atoms. The van der Waals surface area contributed by atoms with Crippen LogP contribution in [0.25, 0.3) is 0 Å². The summed E-state index contributed by atoms with van der Waals surface area (Å²) in [5, 5.41) is 4.64. The largest absolute Gasteiger partial charge is 0.379 e. The van der Waals surface area contributed by atoms with Gasteiger partial charge in [-0.2, -0.15) is 0 Å². The summed E-state index contributed by atoms with van der Waals surface area (Å²) in [7, 11) is 1.72. The molecule has 2 heterocycles. The van der Waals surface area contributed by atoms with Gasteiger partial charge >= 0.3 is 0 Å². The summed E-state index contributed by atoms with van der Waals surface area (Å²) in [5.41, 5.74) is 1.08. The molecule has 0 atom stereocenters. The predicted molar refractivity (Wildman–Crippen MR) is 80.9 cm³/mol. The molecule has 1 saturated heterocycles. The van der Waals surface area contributed by atoms with E-state index in [1.54, 1.807) is 18.4 Å². The summed E-state index contributed by atoms with van der Waals surface area (Å²) in [6, 6.07) is 0.482. The van der Waals surface area contributed by atoms with Gasteiger partial charge in [0, 0.05) is 37.7 Å². The van der Waals surface area contributed by atoms with Gasteiger partial charge in [0.05, 0.1) is 32.1 Å². The standard InChI is InChI=1S/C14H25N3O2S/c1-11(2)15-8-13-12(10-18-3)16-14(20-13)9-17-4-6-19-7-5-17/h11,15H,4-10H2,1-3H3. The monoisotopic (exact) mass is 299 g/mol. The third-order valence-electron chi connectivity index (χ3n) is 3.24. The molecule has 0 aromatic carbocycles. The fourth-order valence-electron chi connectivity index (χ4n) is 2.14. The molecule has 1 aromatic rings. The Balaban J connectivity index is 1.99. The molecule has 1 fully saturated rings. The van der Waals surface area contributed by atoms with E-state index in [-0.39, 0.29) is 0 Å². The lowest BCUT2D eigenvalue weighted by Crippen LogP contribution is -2.35. The van der Waals surface area contributed by atoms with Gasteiger partial charge in [-0.3, -0.25) is 4.90 Å². The van der Waals surface area contributed by atoms with Crippen molar-refractivity contribution in [2.75, 3.05) is 33.4 Å². The van der Waals surface area contributed by atoms with Crippen LogP contribution in [0.2, 0.25) is 0 Å². The molecule has 114 valence electrons. The van der Waals surface area contributed by atoms with Crippen LogP contribution in [0.5, 0.6) is 0 Å². The average molecular weight is 299 g/mol. The van der Waals surface area contributed by atoms with E-state index >= 15 is 0 Å². The smallest absolute Gasteiger partial charge is 0.107 e. The van der Waals surface area contributed by atoms with E-state index in [0.29, 0.717) is 12.6 Å². The van der Waals surface area contributed by atoms with Crippen LogP contribution in [0.4, 0.5) is 0 Å². The zero-order valence-corrected chi connectivity index (χ0v) is 13.5. The van der Waals surface area contributed by atoms with E-state index in [1.807, 2.05) is 0 Å². The molecule has 5 nitrogen and oxygen atoms in total. The van der Waals surface area contributed by atoms with Crippen molar-refractivity contribution in [1.82, 2.24) is 15.2 Å². The van der Waals surface area contributed by atoms with Crippen molar-refractivity contribution in [3.05, 3.63) is 15.6 Å². The zero-order chi connectivity index (χ0) is 14.4. The van der Waals surface area contributed by atoms with Gasteiger partial charge in [0.25, 0.3) is 0 Å². The maximum atomic E-state index is 5.38. The minimum atomic E-state index is 0.482. The Bertz CT molecular complexity index is 403. The van der Waals surface area contributed by atoms with E-state index < -0.39 is 0 Å². The van der Waals surface area contributed by atoms with Crippen molar-refractivity contribution in [3.63, 3.8) is 0 Å². The summed E-state index contributed by atoms with van der Waals surface area (Å²) in [5.74, 6) is 0. The van der Waals surface area contributed by atoms with E-state index in [2.05, 4.69) is 24.1 Å². The van der Waals surface area contributed by atoms with Crippen LogP contribution in [-0.4, -0.2) is 49.3 Å². The molecule has 0 aliphatic carbocycles. The van der Waals surface area contributed by atoms with Gasteiger partial charge in [-0.25, -0.2) is 4.98 Å². The van der Waals surface area contributed by atoms with Crippen LogP contribution >= 0.6 is 11.3 Å². The molecule has 0 spiro atoms. The summed E-state index contributed by atoms with van der Waals surface area (Å²) in [6.45, 7) is 10.4. The first-order chi connectivity index (χ1) is 9.69. The molecule has 1 aliphatic rings. The number of hydrogen-bond acceptors (Lipinski definition) is 6. The highest BCUT2D eigenvalue weighted by Gasteiger charge is 2.16. The summed E-state index contributed by atoms with van der Waals surface area (Å²) in [4.78, 5) is 8.44. The molecule has 0 unspecified atom stereocenters. The number of hydrogen-bond donors (Lipinski definition) is 1. The van der Waals surface area contributed by atoms with Crippen molar-refractivity contribution in [3.8, 4) is 0 Å². The van der Waals surface area contributed by atoms with Gasteiger partial charge in [0.1, 0.15) is 5.01 Å². The third kappa shape index (κ3) is 4.79. The molecule has 1 aliphatic heterocycles. The molecule has 1 N–H and O–H groups in total. The third-order valence-corrected chi connectivity index (χ3v) is 4.32. The van der Waals surface area contributed by atoms with Crippen LogP contribution in [0.15, 0.2) is 0 Å². The van der Waals surface area contributed by atoms with Gasteiger partial charge < -0.3 is 14.8 Å². The Morgan fingerprint density at radius 3 is 2.80 bits per heavy atom. The van der Waals surface area contributed by atoms with Crippen LogP contribution in [0.3, 0.4) is 0 Å². The van der Waals surface area contributed by atoms with Crippen molar-refractivity contribution >= 4 is 11.3 Å². The van der Waals surface area contributed by atoms with Crippen LogP contribution in [0.1, 0.15) is 29.4 Å². The van der Waals surface area contributed by atoms with E-state index in [4.69, 9.17) is 14.5 Å². The first-order valence-electron chi connectivity index (χ1n) is 7.19. The lowest BCUT2D eigenvalue weighted by molar-refractivity contribution is 0.0341. The highest BCUT2D eigenvalue weighted by atomic mass is 32.1. The Morgan fingerprint density at radius 2 is 2.15 bits per heavy atom. The number of nitrogens with zero attached hydrogens (tertiary/aromatic N) is 2. The molecule has 6 heteroatoms. The number of morpholine rings is 1. The molecule has 0 saturated carbocycles. The fraction of sp³-hybridized carbons (Fsp3) is 0.786. The summed E-state index contributed by atoms with van der Waals surface area (Å²) >= 11 is 1.80. The molecular formula is C14H25N3O2S. The Kier molecular flexibility index (Phi) is 6.38. The first-order valence-corrected chi connectivity index (χ1v) is 8.00. The quantitative estimate of drug-likeness (QED) is 0.829. The predicted octanol–water partition coefficient (Wildman–Crippen LogP) is 1.62. The maximum Gasteiger partial charge on any atom is 0.107 e. The second-order valence-electron chi connectivity index (χ2n) is 5.33. The number of nitrogens with one attached hydrogen (secondary N) is 1. The minimum Gasteiger partial charge on any atom is -0.379 e. The SMILES string of the molecule is COCc1nc(CN2CCOCC2)sc1CNC(C)C. The van der Waals surface area contributed by atoms with E-state index in [0.717, 1.165) is 45.1 Å². The molecule has 1 aromatic heterocycles. The van der Waals surface area contributed by atoms with Gasteiger partial charge in [-0.15, -0.1) is 11.3 Å². The Morgan fingerprint density at radius 1 is 1.40 bits per heavy atom. The number of aromatic nitrogens is 1. The molecular weight excluding hydrogens is 274 g/mol. The number of rotatable bonds is 7. The lowest BCUT2D eigenvalue weighted by atomic mass is 10.3. The van der Waals surface area contributed by atoms with Crippen molar-refractivity contribution in [2.24, 2.45) is 0 Å². The second-order valence-corrected chi connectivity index (χ2v) is 6.50. The maximum absolute atomic E-state index is 5.38. The highest BCUT2D eigenvalue weighted by Crippen LogP contribution is 2.21. The van der Waals surface area contributed by atoms with Crippen LogP contribution in [-0.2, 0) is 29.2 Å². The number of ether oxygens (including phenoxy) is 2. The highest BCUT2D eigenvalue weighted by molar-refractivity contribution is 7.11.